The third-order valence-electron chi connectivity index (χ3n) is 1.07. The van der Waals surface area contributed by atoms with Crippen LogP contribution in [0.25, 0.3) is 0 Å². The number of cyclic esters (lactones) is 1. The van der Waals surface area contributed by atoms with Gasteiger partial charge in [0, 0.05) is 0 Å². The van der Waals surface area contributed by atoms with Crippen LogP contribution < -0.4 is 0 Å². The van der Waals surface area contributed by atoms with Crippen LogP contribution >= 0.6 is 12.7 Å². The molecule has 1 aliphatic heterocycles. The summed E-state index contributed by atoms with van der Waals surface area (Å²) >= 11 is 2.83. The van der Waals surface area contributed by atoms with Crippen molar-refractivity contribution in [1.29, 1.82) is 0 Å². The Labute approximate surface area is 63.9 Å². The minimum atomic E-state index is -0.557. The number of carbonyl (C=O) groups is 1. The average Bonchev–Trinajstić information content (AvgIpc) is 2.14. The van der Waals surface area contributed by atoms with E-state index in [9.17, 15) is 4.79 Å². The number of esters is 1. The Morgan fingerprint density at radius 1 is 1.88 bits per heavy atom. The molecule has 0 aromatic heterocycles. The van der Waals surface area contributed by atoms with Crippen molar-refractivity contribution >= 4 is 37.6 Å². The molecule has 8 heavy (non-hydrogen) atoms. The number of hydrogen-bond acceptors (Lipinski definition) is 2. The molecule has 0 aliphatic carbocycles. The molecule has 1 aliphatic rings. The quantitative estimate of drug-likeness (QED) is 0.524. The molecular formula is C4H5BrO2Sn. The van der Waals surface area contributed by atoms with Gasteiger partial charge in [0.2, 0.25) is 0 Å². The molecule has 0 amide bonds. The Kier molecular flexibility index (Phi) is 2.62. The van der Waals surface area contributed by atoms with Crippen LogP contribution in [0.3, 0.4) is 0 Å². The summed E-state index contributed by atoms with van der Waals surface area (Å²) in [6, 6.07) is 0. The van der Waals surface area contributed by atoms with Gasteiger partial charge >= 0.3 is 64.1 Å². The fourth-order valence-electron chi connectivity index (χ4n) is 0.595. The van der Waals surface area contributed by atoms with Gasteiger partial charge in [0.15, 0.2) is 0 Å². The van der Waals surface area contributed by atoms with Gasteiger partial charge in [0.05, 0.1) is 0 Å². The van der Waals surface area contributed by atoms with E-state index in [0.29, 0.717) is 10.5 Å². The monoisotopic (exact) mass is 284 g/mol. The summed E-state index contributed by atoms with van der Waals surface area (Å²) in [6.07, 6.45) is 0.955. The first kappa shape index (κ1) is 6.86. The van der Waals surface area contributed by atoms with Crippen LogP contribution in [0.2, 0.25) is 3.93 Å². The van der Waals surface area contributed by atoms with Gasteiger partial charge in [-0.3, -0.25) is 0 Å². The molecule has 0 aromatic carbocycles. The summed E-state index contributed by atoms with van der Waals surface area (Å²) in [5.74, 6) is 0.0217. The maximum atomic E-state index is 10.6. The van der Waals surface area contributed by atoms with Gasteiger partial charge in [-0.05, 0) is 0 Å². The fourth-order valence-corrected chi connectivity index (χ4v) is 4.52. The molecule has 2 nitrogen and oxygen atoms in total. The van der Waals surface area contributed by atoms with Crippen LogP contribution in [0, 0.1) is 0 Å². The van der Waals surface area contributed by atoms with E-state index < -0.39 is 18.9 Å². The normalized spacial score (nSPS) is 28.1. The van der Waals surface area contributed by atoms with Crippen molar-refractivity contribution in [2.75, 3.05) is 6.61 Å². The summed E-state index contributed by atoms with van der Waals surface area (Å²) in [7, 11) is 0. The molecule has 4 heteroatoms. The third kappa shape index (κ3) is 1.37. The van der Waals surface area contributed by atoms with E-state index in [2.05, 4.69) is 12.7 Å². The topological polar surface area (TPSA) is 26.3 Å². The Morgan fingerprint density at radius 2 is 2.62 bits per heavy atom. The molecule has 1 atom stereocenters. The van der Waals surface area contributed by atoms with Crippen molar-refractivity contribution in [3.8, 4) is 0 Å². The van der Waals surface area contributed by atoms with Crippen LogP contribution in [-0.4, -0.2) is 31.5 Å². The average molecular weight is 284 g/mol. The summed E-state index contributed by atoms with van der Waals surface area (Å²) in [4.78, 5) is 10.6. The maximum absolute atomic E-state index is 10.6. The molecule has 1 heterocycles. The first-order valence-corrected chi connectivity index (χ1v) is 10.4. The zero-order chi connectivity index (χ0) is 5.98. The molecule has 0 saturated carbocycles. The molecule has 1 saturated heterocycles. The molecule has 0 bridgehead atoms. The summed E-state index contributed by atoms with van der Waals surface area (Å²) in [5.41, 5.74) is 0. The Hall–Kier alpha value is 0.749. The van der Waals surface area contributed by atoms with Gasteiger partial charge in [0.25, 0.3) is 0 Å². The van der Waals surface area contributed by atoms with Crippen LogP contribution in [0.15, 0.2) is 0 Å². The summed E-state index contributed by atoms with van der Waals surface area (Å²) < 4.78 is 5.02. The van der Waals surface area contributed by atoms with Gasteiger partial charge in [-0.2, -0.15) is 0 Å². The minimum absolute atomic E-state index is 0.0217. The Balaban J connectivity index is 2.42. The molecule has 1 unspecified atom stereocenters. The standard InChI is InChI=1S/C4H5O2.BrH.Sn/c5-4-2-1-3-6-4;;/h2H,1,3H2;1H;/q;;+1/p-1. The van der Waals surface area contributed by atoms with Crippen molar-refractivity contribution in [2.24, 2.45) is 0 Å². The van der Waals surface area contributed by atoms with Crippen molar-refractivity contribution in [2.45, 2.75) is 10.4 Å². The van der Waals surface area contributed by atoms with E-state index in [0.717, 1.165) is 6.42 Å². The molecule has 0 N–H and O–H groups in total. The van der Waals surface area contributed by atoms with Crippen molar-refractivity contribution in [3.05, 3.63) is 0 Å². The molecule has 1 fully saturated rings. The molecular weight excluding hydrogens is 279 g/mol. The second kappa shape index (κ2) is 3.05. The van der Waals surface area contributed by atoms with E-state index in [1.165, 1.54) is 0 Å². The van der Waals surface area contributed by atoms with E-state index in [-0.39, 0.29) is 5.97 Å². The van der Waals surface area contributed by atoms with Gasteiger partial charge in [-0.25, -0.2) is 0 Å². The van der Waals surface area contributed by atoms with Crippen molar-refractivity contribution in [3.63, 3.8) is 0 Å². The number of carbonyl (C=O) groups excluding carboxylic acids is 1. The first-order valence-electron chi connectivity index (χ1n) is 2.37. The van der Waals surface area contributed by atoms with Gasteiger partial charge in [-0.15, -0.1) is 0 Å². The molecule has 44 valence electrons. The number of halogens is 1. The fraction of sp³-hybridized carbons (Fsp3) is 0.750. The van der Waals surface area contributed by atoms with Gasteiger partial charge in [0.1, 0.15) is 0 Å². The van der Waals surface area contributed by atoms with Crippen LogP contribution in [0.4, 0.5) is 0 Å². The van der Waals surface area contributed by atoms with E-state index in [1.807, 2.05) is 0 Å². The van der Waals surface area contributed by atoms with Crippen molar-refractivity contribution in [1.82, 2.24) is 0 Å². The SMILES string of the molecule is O=C1OCC[CH]1[Sn][Br]. The zero-order valence-electron chi connectivity index (χ0n) is 4.19. The van der Waals surface area contributed by atoms with Gasteiger partial charge < -0.3 is 0 Å². The molecule has 1 rings (SSSR count). The second-order valence-electron chi connectivity index (χ2n) is 1.62. The Bertz CT molecular complexity index is 106. The van der Waals surface area contributed by atoms with Crippen LogP contribution in [0.5, 0.6) is 0 Å². The number of rotatable bonds is 1. The molecule has 2 radical (unpaired) electrons. The van der Waals surface area contributed by atoms with Crippen LogP contribution in [0.1, 0.15) is 6.42 Å². The van der Waals surface area contributed by atoms with Crippen molar-refractivity contribution < 1.29 is 9.53 Å². The second-order valence-corrected chi connectivity index (χ2v) is 7.30. The van der Waals surface area contributed by atoms with E-state index in [4.69, 9.17) is 4.74 Å². The summed E-state index contributed by atoms with van der Waals surface area (Å²) in [5, 5.41) is 0. The number of ether oxygens (including phenoxy) is 1. The predicted octanol–water partition coefficient (Wildman–Crippen LogP) is 0.736. The molecule has 0 spiro atoms. The Morgan fingerprint density at radius 3 is 2.88 bits per heavy atom. The summed E-state index contributed by atoms with van der Waals surface area (Å²) in [6.45, 7) is 0.649. The van der Waals surface area contributed by atoms with E-state index >= 15 is 0 Å². The first-order chi connectivity index (χ1) is 3.84. The zero-order valence-corrected chi connectivity index (χ0v) is 8.63. The predicted molar refractivity (Wildman–Crippen MR) is 34.0 cm³/mol. The van der Waals surface area contributed by atoms with Gasteiger partial charge in [-0.1, -0.05) is 0 Å². The van der Waals surface area contributed by atoms with Crippen LogP contribution in [-0.2, 0) is 9.53 Å². The molecule has 0 aromatic rings. The van der Waals surface area contributed by atoms with E-state index in [1.54, 1.807) is 0 Å². The third-order valence-corrected chi connectivity index (χ3v) is 7.02. The number of hydrogen-bond donors (Lipinski definition) is 0.